The lowest BCUT2D eigenvalue weighted by Gasteiger charge is -2.34. The van der Waals surface area contributed by atoms with Crippen molar-refractivity contribution in [2.45, 2.75) is 11.8 Å². The summed E-state index contributed by atoms with van der Waals surface area (Å²) >= 11 is 1.45. The Morgan fingerprint density at radius 3 is 2.62 bits per heavy atom. The highest BCUT2D eigenvalue weighted by Crippen LogP contribution is 2.24. The van der Waals surface area contributed by atoms with Crippen LogP contribution in [0, 0.1) is 6.92 Å². The lowest BCUT2D eigenvalue weighted by atomic mass is 10.2. The Bertz CT molecular complexity index is 900. The largest absolute Gasteiger partial charge is 0.369 e. The van der Waals surface area contributed by atoms with Crippen molar-refractivity contribution >= 4 is 38.2 Å². The van der Waals surface area contributed by atoms with Crippen molar-refractivity contribution in [3.63, 3.8) is 0 Å². The Morgan fingerprint density at radius 2 is 2.00 bits per heavy atom. The second-order valence-corrected chi connectivity index (χ2v) is 9.29. The summed E-state index contributed by atoms with van der Waals surface area (Å²) < 4.78 is 24.5. The van der Waals surface area contributed by atoms with Crippen LogP contribution in [0.2, 0.25) is 0 Å². The van der Waals surface area contributed by atoms with Crippen molar-refractivity contribution in [2.24, 2.45) is 5.10 Å². The van der Waals surface area contributed by atoms with Crippen LogP contribution in [0.4, 0.5) is 10.8 Å². The molecule has 0 amide bonds. The molecule has 0 unspecified atom stereocenters. The SMILES string of the molecule is Cc1csc(NN=Cc2ccc(N3CCN(C)CC3)cc2S(C)(=O)=O)n1. The van der Waals surface area contributed by atoms with Crippen molar-refractivity contribution in [2.75, 3.05) is 49.8 Å². The number of benzene rings is 1. The van der Waals surface area contributed by atoms with Crippen LogP contribution >= 0.6 is 11.3 Å². The second-order valence-electron chi connectivity index (χ2n) is 6.45. The fourth-order valence-corrected chi connectivity index (χ4v) is 4.30. The maximum absolute atomic E-state index is 12.3. The number of piperazine rings is 1. The first-order valence-electron chi connectivity index (χ1n) is 8.32. The molecule has 2 heterocycles. The molecular weight excluding hydrogens is 370 g/mol. The minimum Gasteiger partial charge on any atom is -0.369 e. The molecule has 1 aliphatic rings. The molecule has 0 spiro atoms. The van der Waals surface area contributed by atoms with Gasteiger partial charge in [-0.25, -0.2) is 13.4 Å². The molecule has 9 heteroatoms. The summed E-state index contributed by atoms with van der Waals surface area (Å²) in [6.45, 7) is 5.61. The molecule has 1 N–H and O–H groups in total. The zero-order chi connectivity index (χ0) is 18.7. The molecule has 7 nitrogen and oxygen atoms in total. The summed E-state index contributed by atoms with van der Waals surface area (Å²) in [6, 6.07) is 5.51. The summed E-state index contributed by atoms with van der Waals surface area (Å²) in [4.78, 5) is 9.03. The molecule has 1 fully saturated rings. The van der Waals surface area contributed by atoms with E-state index in [4.69, 9.17) is 0 Å². The van der Waals surface area contributed by atoms with Crippen LogP contribution in [0.3, 0.4) is 0 Å². The first kappa shape index (κ1) is 18.8. The van der Waals surface area contributed by atoms with Gasteiger partial charge in [0.2, 0.25) is 5.13 Å². The first-order chi connectivity index (χ1) is 12.3. The summed E-state index contributed by atoms with van der Waals surface area (Å²) in [5, 5.41) is 6.74. The number of nitrogens with zero attached hydrogens (tertiary/aromatic N) is 4. The highest BCUT2D eigenvalue weighted by atomic mass is 32.2. The zero-order valence-electron chi connectivity index (χ0n) is 15.1. The minimum absolute atomic E-state index is 0.287. The number of hydrogen-bond acceptors (Lipinski definition) is 8. The number of hydrazone groups is 1. The van der Waals surface area contributed by atoms with Gasteiger partial charge >= 0.3 is 0 Å². The smallest absolute Gasteiger partial charge is 0.203 e. The van der Waals surface area contributed by atoms with Gasteiger partial charge in [-0.05, 0) is 32.2 Å². The minimum atomic E-state index is -3.37. The predicted octanol–water partition coefficient (Wildman–Crippen LogP) is 2.05. The van der Waals surface area contributed by atoms with Gasteiger partial charge in [-0.3, -0.25) is 5.43 Å². The fourth-order valence-electron chi connectivity index (χ4n) is 2.77. The average Bonchev–Trinajstić information content (AvgIpc) is 3.00. The Morgan fingerprint density at radius 1 is 1.27 bits per heavy atom. The Hall–Kier alpha value is -1.97. The Balaban J connectivity index is 1.83. The van der Waals surface area contributed by atoms with Crippen LogP contribution in [0.15, 0.2) is 33.6 Å². The van der Waals surface area contributed by atoms with E-state index >= 15 is 0 Å². The van der Waals surface area contributed by atoms with Crippen LogP contribution < -0.4 is 10.3 Å². The summed E-state index contributed by atoms with van der Waals surface area (Å²) in [5.74, 6) is 0. The highest BCUT2D eigenvalue weighted by molar-refractivity contribution is 7.90. The molecule has 1 saturated heterocycles. The Labute approximate surface area is 158 Å². The van der Waals surface area contributed by atoms with Crippen LogP contribution in [0.25, 0.3) is 0 Å². The first-order valence-corrected chi connectivity index (χ1v) is 11.1. The van der Waals surface area contributed by atoms with Gasteiger partial charge in [0, 0.05) is 49.1 Å². The number of aromatic nitrogens is 1. The average molecular weight is 394 g/mol. The lowest BCUT2D eigenvalue weighted by molar-refractivity contribution is 0.313. The topological polar surface area (TPSA) is 77.9 Å². The maximum Gasteiger partial charge on any atom is 0.203 e. The quantitative estimate of drug-likeness (QED) is 0.619. The number of likely N-dealkylation sites (N-methyl/N-ethyl adjacent to an activating group) is 1. The standard InChI is InChI=1S/C17H23N5O2S2/c1-13-12-25-17(19-13)20-18-11-14-4-5-15(10-16(14)26(3,23)24)22-8-6-21(2)7-9-22/h4-5,10-12H,6-9H2,1-3H3,(H,19,20). The number of anilines is 2. The molecular formula is C17H23N5O2S2. The summed E-state index contributed by atoms with van der Waals surface area (Å²) in [6.07, 6.45) is 2.76. The third kappa shape index (κ3) is 4.60. The molecule has 0 bridgehead atoms. The van der Waals surface area contributed by atoms with E-state index in [1.807, 2.05) is 24.4 Å². The van der Waals surface area contributed by atoms with E-state index in [-0.39, 0.29) is 4.90 Å². The monoisotopic (exact) mass is 393 g/mol. The van der Waals surface area contributed by atoms with Crippen LogP contribution in [0.5, 0.6) is 0 Å². The number of nitrogens with one attached hydrogen (secondary N) is 1. The zero-order valence-corrected chi connectivity index (χ0v) is 16.8. The van der Waals surface area contributed by atoms with Crippen molar-refractivity contribution in [1.82, 2.24) is 9.88 Å². The summed E-state index contributed by atoms with van der Waals surface area (Å²) in [7, 11) is -1.27. The Kier molecular flexibility index (Phi) is 5.59. The van der Waals surface area contributed by atoms with Gasteiger partial charge in [0.05, 0.1) is 16.8 Å². The third-order valence-electron chi connectivity index (χ3n) is 4.25. The van der Waals surface area contributed by atoms with Crippen molar-refractivity contribution in [1.29, 1.82) is 0 Å². The number of aryl methyl sites for hydroxylation is 1. The third-order valence-corrected chi connectivity index (χ3v) is 6.27. The number of rotatable bonds is 5. The van der Waals surface area contributed by atoms with Gasteiger partial charge in [-0.15, -0.1) is 11.3 Å². The molecule has 0 saturated carbocycles. The predicted molar refractivity (Wildman–Crippen MR) is 107 cm³/mol. The van der Waals surface area contributed by atoms with Gasteiger partial charge < -0.3 is 9.80 Å². The molecule has 140 valence electrons. The number of sulfone groups is 1. The summed E-state index contributed by atoms with van der Waals surface area (Å²) in [5.41, 5.74) is 5.25. The molecule has 3 rings (SSSR count). The van der Waals surface area contributed by atoms with E-state index in [0.717, 1.165) is 37.6 Å². The van der Waals surface area contributed by atoms with Gasteiger partial charge in [-0.1, -0.05) is 0 Å². The maximum atomic E-state index is 12.3. The van der Waals surface area contributed by atoms with E-state index in [1.54, 1.807) is 6.07 Å². The van der Waals surface area contributed by atoms with E-state index in [2.05, 4.69) is 32.4 Å². The normalized spacial score (nSPS) is 16.3. The fraction of sp³-hybridized carbons (Fsp3) is 0.412. The molecule has 0 radical (unpaired) electrons. The molecule has 1 aromatic carbocycles. The van der Waals surface area contributed by atoms with Gasteiger partial charge in [0.25, 0.3) is 0 Å². The molecule has 0 atom stereocenters. The van der Waals surface area contributed by atoms with Gasteiger partial charge in [0.1, 0.15) is 0 Å². The van der Waals surface area contributed by atoms with Crippen LogP contribution in [0.1, 0.15) is 11.3 Å². The number of thiazole rings is 1. The van der Waals surface area contributed by atoms with Crippen molar-refractivity contribution in [3.05, 3.63) is 34.8 Å². The molecule has 2 aromatic rings. The highest BCUT2D eigenvalue weighted by Gasteiger charge is 2.18. The van der Waals surface area contributed by atoms with Crippen molar-refractivity contribution in [3.8, 4) is 0 Å². The van der Waals surface area contributed by atoms with Gasteiger partial charge in [0.15, 0.2) is 9.84 Å². The van der Waals surface area contributed by atoms with E-state index in [0.29, 0.717) is 10.7 Å². The molecule has 26 heavy (non-hydrogen) atoms. The van der Waals surface area contributed by atoms with E-state index in [9.17, 15) is 8.42 Å². The number of hydrogen-bond donors (Lipinski definition) is 1. The van der Waals surface area contributed by atoms with Crippen LogP contribution in [-0.2, 0) is 9.84 Å². The van der Waals surface area contributed by atoms with Gasteiger partial charge in [-0.2, -0.15) is 5.10 Å². The van der Waals surface area contributed by atoms with Crippen LogP contribution in [-0.4, -0.2) is 64.0 Å². The molecule has 1 aromatic heterocycles. The molecule has 0 aliphatic carbocycles. The van der Waals surface area contributed by atoms with E-state index in [1.165, 1.54) is 23.8 Å². The lowest BCUT2D eigenvalue weighted by Crippen LogP contribution is -2.44. The molecule has 1 aliphatic heterocycles. The second kappa shape index (κ2) is 7.73. The van der Waals surface area contributed by atoms with E-state index < -0.39 is 9.84 Å². The van der Waals surface area contributed by atoms with Crippen molar-refractivity contribution < 1.29 is 8.42 Å².